The average molecular weight is 666 g/mol. The summed E-state index contributed by atoms with van der Waals surface area (Å²) in [5, 5.41) is 17.4. The van der Waals surface area contributed by atoms with Crippen molar-refractivity contribution in [3.8, 4) is 16.9 Å². The van der Waals surface area contributed by atoms with Gasteiger partial charge in [0.05, 0.1) is 24.3 Å². The Hall–Kier alpha value is -4.59. The van der Waals surface area contributed by atoms with Crippen LogP contribution in [0.1, 0.15) is 26.0 Å². The van der Waals surface area contributed by atoms with Crippen molar-refractivity contribution in [2.75, 3.05) is 18.9 Å². The van der Waals surface area contributed by atoms with Crippen LogP contribution in [0.25, 0.3) is 11.1 Å². The van der Waals surface area contributed by atoms with Crippen LogP contribution >= 0.6 is 11.3 Å². The third kappa shape index (κ3) is 7.39. The number of benzene rings is 1. The van der Waals surface area contributed by atoms with Gasteiger partial charge in [-0.3, -0.25) is 14.1 Å². The molecule has 3 heterocycles. The van der Waals surface area contributed by atoms with E-state index in [1.54, 1.807) is 12.1 Å². The van der Waals surface area contributed by atoms with E-state index in [0.717, 1.165) is 35.4 Å². The number of carbonyl (C=O) groups is 3. The molecule has 45 heavy (non-hydrogen) atoms. The Labute approximate surface area is 261 Å². The minimum atomic E-state index is -4.83. The molecule has 17 nitrogen and oxygen atoms in total. The highest BCUT2D eigenvalue weighted by Gasteiger charge is 2.51. The number of nitrogens with two attached hydrogens (primary N) is 2. The summed E-state index contributed by atoms with van der Waals surface area (Å²) in [7, 11) is -2.90. The molecule has 1 saturated heterocycles. The van der Waals surface area contributed by atoms with E-state index in [2.05, 4.69) is 15.5 Å². The number of hydrogen-bond donors (Lipinski definition) is 5. The van der Waals surface area contributed by atoms with Gasteiger partial charge in [-0.15, -0.1) is 16.0 Å². The van der Waals surface area contributed by atoms with Crippen LogP contribution in [0.4, 0.5) is 5.13 Å². The van der Waals surface area contributed by atoms with Gasteiger partial charge in [-0.2, -0.15) is 13.1 Å². The second-order valence-electron chi connectivity index (χ2n) is 10.3. The zero-order valence-electron chi connectivity index (χ0n) is 24.5. The Kier molecular flexibility index (Phi) is 9.76. The molecular weight excluding hydrogens is 632 g/mol. The van der Waals surface area contributed by atoms with Crippen molar-refractivity contribution in [2.24, 2.45) is 17.9 Å². The van der Waals surface area contributed by atoms with E-state index in [1.807, 2.05) is 40.9 Å². The highest BCUT2D eigenvalue weighted by Crippen LogP contribution is 2.25. The molecule has 2 amide bonds. The number of aliphatic carboxylic acids is 1. The van der Waals surface area contributed by atoms with Gasteiger partial charge in [-0.05, 0) is 44.5 Å². The van der Waals surface area contributed by atoms with E-state index in [9.17, 15) is 32.5 Å². The van der Waals surface area contributed by atoms with Crippen molar-refractivity contribution >= 4 is 50.3 Å². The number of hydrogen-bond acceptors (Lipinski definition) is 12. The first kappa shape index (κ1) is 33.3. The van der Waals surface area contributed by atoms with E-state index in [4.69, 9.17) is 21.0 Å². The second kappa shape index (κ2) is 13.2. The number of rotatable bonds is 14. The van der Waals surface area contributed by atoms with Crippen LogP contribution < -0.4 is 26.2 Å². The van der Waals surface area contributed by atoms with Crippen LogP contribution in [-0.2, 0) is 43.1 Å². The van der Waals surface area contributed by atoms with Crippen molar-refractivity contribution < 1.29 is 46.7 Å². The van der Waals surface area contributed by atoms with Gasteiger partial charge in [0.2, 0.25) is 6.20 Å². The monoisotopic (exact) mass is 665 g/mol. The fourth-order valence-electron chi connectivity index (χ4n) is 4.34. The number of aromatic nitrogens is 3. The number of carboxylic acids is 1. The van der Waals surface area contributed by atoms with E-state index >= 15 is 0 Å². The van der Waals surface area contributed by atoms with E-state index < -0.39 is 58.1 Å². The first-order chi connectivity index (χ1) is 21.1. The fraction of sp³-hybridized carbons (Fsp3) is 0.385. The number of amides is 2. The highest BCUT2D eigenvalue weighted by molar-refractivity contribution is 7.84. The number of ether oxygens (including phenoxy) is 1. The zero-order chi connectivity index (χ0) is 33.1. The molecule has 2 aromatic heterocycles. The standard InChI is InChI=1S/C26H32N8O9S2/c1-15-20(23(36)34(15)45(39,40)41)30-22(35)21(19-13-44-25(28)29-19)31-43-26(2,24(37)38)14-42-18-7-5-16(6-8-18)17-11-32(3)33(12-17)10-4-9-27/h5-8,11-13,15,20H,4,9-10,14,27H2,1-3H3,(H4-,28,29,30,35,37,38,39,40,41)/p+1/t15-,20+,26?/m1/s1. The number of β-lactam (4-membered cyclic amide) rings is 1. The topological polar surface area (TPSA) is 246 Å². The van der Waals surface area contributed by atoms with Gasteiger partial charge in [0.15, 0.2) is 17.9 Å². The predicted octanol–water partition coefficient (Wildman–Crippen LogP) is -0.472. The van der Waals surface area contributed by atoms with Crippen molar-refractivity contribution in [3.05, 3.63) is 47.7 Å². The molecule has 242 valence electrons. The van der Waals surface area contributed by atoms with Crippen LogP contribution in [-0.4, -0.2) is 86.4 Å². The van der Waals surface area contributed by atoms with E-state index in [0.29, 0.717) is 12.3 Å². The summed E-state index contributed by atoms with van der Waals surface area (Å²) in [4.78, 5) is 46.9. The van der Waals surface area contributed by atoms with E-state index in [1.165, 1.54) is 19.2 Å². The molecule has 4 rings (SSSR count). The number of anilines is 1. The lowest BCUT2D eigenvalue weighted by Gasteiger charge is -2.42. The van der Waals surface area contributed by atoms with Gasteiger partial charge >= 0.3 is 16.3 Å². The lowest BCUT2D eigenvalue weighted by molar-refractivity contribution is -0.753. The molecule has 1 aliphatic rings. The van der Waals surface area contributed by atoms with Crippen LogP contribution in [0.5, 0.6) is 5.75 Å². The number of oxime groups is 1. The molecule has 19 heteroatoms. The summed E-state index contributed by atoms with van der Waals surface area (Å²) in [6, 6.07) is 4.53. The van der Waals surface area contributed by atoms with Gasteiger partial charge < -0.3 is 31.5 Å². The second-order valence-corrected chi connectivity index (χ2v) is 12.5. The molecule has 0 spiro atoms. The zero-order valence-corrected chi connectivity index (χ0v) is 26.1. The number of nitrogens with zero attached hydrogens (tertiary/aromatic N) is 5. The molecule has 0 aliphatic carbocycles. The molecule has 0 saturated carbocycles. The third-order valence-corrected chi connectivity index (χ3v) is 8.64. The Morgan fingerprint density at radius 2 is 1.96 bits per heavy atom. The average Bonchev–Trinajstić information content (AvgIpc) is 3.58. The molecule has 0 radical (unpaired) electrons. The number of carbonyl (C=O) groups excluding carboxylic acids is 2. The maximum Gasteiger partial charge on any atom is 0.362 e. The molecule has 1 aliphatic heterocycles. The molecular formula is C26H33N8O9S2+. The van der Waals surface area contributed by atoms with Crippen molar-refractivity contribution in [1.29, 1.82) is 0 Å². The Morgan fingerprint density at radius 1 is 1.27 bits per heavy atom. The van der Waals surface area contributed by atoms with Gasteiger partial charge in [0, 0.05) is 5.38 Å². The maximum absolute atomic E-state index is 13.1. The summed E-state index contributed by atoms with van der Waals surface area (Å²) in [5.41, 5.74) is 10.5. The first-order valence-corrected chi connectivity index (χ1v) is 15.7. The molecule has 1 fully saturated rings. The minimum absolute atomic E-state index is 0.0600. The smallest absolute Gasteiger partial charge is 0.362 e. The lowest BCUT2D eigenvalue weighted by Crippen LogP contribution is -2.71. The van der Waals surface area contributed by atoms with Gasteiger partial charge in [0.1, 0.15) is 24.1 Å². The Bertz CT molecular complexity index is 1720. The van der Waals surface area contributed by atoms with Gasteiger partial charge in [-0.1, -0.05) is 17.3 Å². The lowest BCUT2D eigenvalue weighted by atomic mass is 10.0. The molecule has 3 aromatic rings. The molecule has 0 bridgehead atoms. The summed E-state index contributed by atoms with van der Waals surface area (Å²) in [6.45, 7) is 3.30. The minimum Gasteiger partial charge on any atom is -0.489 e. The van der Waals surface area contributed by atoms with Crippen LogP contribution in [0.3, 0.4) is 0 Å². The number of nitrogens with one attached hydrogen (secondary N) is 1. The first-order valence-electron chi connectivity index (χ1n) is 13.5. The van der Waals surface area contributed by atoms with Crippen LogP contribution in [0.2, 0.25) is 0 Å². The predicted molar refractivity (Wildman–Crippen MR) is 160 cm³/mol. The highest BCUT2D eigenvalue weighted by atomic mass is 32.2. The molecule has 7 N–H and O–H groups in total. The van der Waals surface area contributed by atoms with Crippen LogP contribution in [0.15, 0.2) is 47.2 Å². The SMILES string of the molecule is C[C@@H]1[C@H](NC(=O)C(=NOC(C)(COc2ccc(-c3cn(CCCN)[n+](C)c3)cc2)C(=O)O)c2csc(N)n2)C(=O)N1S(=O)(=O)O. The Balaban J connectivity index is 1.48. The quantitative estimate of drug-likeness (QED) is 0.0482. The van der Waals surface area contributed by atoms with Gasteiger partial charge in [-0.25, -0.2) is 14.1 Å². The summed E-state index contributed by atoms with van der Waals surface area (Å²) in [6.07, 6.45) is 4.80. The Morgan fingerprint density at radius 3 is 2.51 bits per heavy atom. The number of carboxylic acid groups (broad SMARTS) is 1. The molecule has 1 unspecified atom stereocenters. The van der Waals surface area contributed by atoms with E-state index in [-0.39, 0.29) is 15.1 Å². The third-order valence-electron chi connectivity index (χ3n) is 6.95. The number of aryl methyl sites for hydroxylation is 2. The van der Waals surface area contributed by atoms with Gasteiger partial charge in [0.25, 0.3) is 17.4 Å². The maximum atomic E-state index is 13.1. The summed E-state index contributed by atoms with van der Waals surface area (Å²) < 4.78 is 41.9. The summed E-state index contributed by atoms with van der Waals surface area (Å²) >= 11 is 0.960. The van der Waals surface area contributed by atoms with Crippen molar-refractivity contribution in [3.63, 3.8) is 0 Å². The van der Waals surface area contributed by atoms with Crippen LogP contribution in [0, 0.1) is 0 Å². The van der Waals surface area contributed by atoms with Crippen molar-refractivity contribution in [2.45, 2.75) is 44.5 Å². The summed E-state index contributed by atoms with van der Waals surface area (Å²) in [5.74, 6) is -3.23. The number of nitrogen functional groups attached to an aromatic ring is 1. The number of thiazole rings is 1. The fourth-order valence-corrected chi connectivity index (χ4v) is 5.77. The molecule has 3 atom stereocenters. The van der Waals surface area contributed by atoms with Crippen molar-refractivity contribution in [1.82, 2.24) is 19.3 Å². The largest absolute Gasteiger partial charge is 0.489 e. The normalized spacial score (nSPS) is 18.2. The molecule has 1 aromatic carbocycles.